The van der Waals surface area contributed by atoms with E-state index in [0.717, 1.165) is 6.07 Å². The Morgan fingerprint density at radius 1 is 1.42 bits per heavy atom. The fraction of sp³-hybridized carbons (Fsp3) is 0.333. The van der Waals surface area contributed by atoms with Crippen LogP contribution in [0, 0.1) is 0 Å². The van der Waals surface area contributed by atoms with Crippen LogP contribution in [0.1, 0.15) is 18.0 Å². The number of benzene rings is 1. The Balaban J connectivity index is 0.00000324. The number of hydrogen-bond donors (Lipinski definition) is 1. The van der Waals surface area contributed by atoms with E-state index in [1.807, 2.05) is 0 Å². The van der Waals surface area contributed by atoms with Gasteiger partial charge in [0.25, 0.3) is 0 Å². The second-order valence-corrected chi connectivity index (χ2v) is 3.58. The monoisotopic (exact) mass is 297 g/mol. The molecule has 0 aliphatic rings. The molecule has 1 atom stereocenters. The molecule has 0 spiro atoms. The molecular weight excluding hydrogens is 283 g/mol. The van der Waals surface area contributed by atoms with E-state index >= 15 is 0 Å². The fourth-order valence-electron chi connectivity index (χ4n) is 1.50. The zero-order chi connectivity index (χ0) is 13.8. The first-order chi connectivity index (χ1) is 8.37. The normalized spacial score (nSPS) is 12.3. The van der Waals surface area contributed by atoms with Crippen molar-refractivity contribution in [2.75, 3.05) is 7.11 Å². The van der Waals surface area contributed by atoms with E-state index in [9.17, 15) is 13.2 Å². The molecule has 2 N–H and O–H groups in total. The Morgan fingerprint density at radius 2 is 2.05 bits per heavy atom. The zero-order valence-corrected chi connectivity index (χ0v) is 11.1. The largest absolute Gasteiger partial charge is 0.573 e. The summed E-state index contributed by atoms with van der Waals surface area (Å²) in [5.74, 6) is -0.0833. The summed E-state index contributed by atoms with van der Waals surface area (Å²) in [5.41, 5.74) is 6.45. The SMILES string of the molecule is C=CC[C@@H](N)c1ccc(OC(F)(F)F)cc1OC.Cl. The average molecular weight is 298 g/mol. The van der Waals surface area contributed by atoms with Crippen molar-refractivity contribution in [3.8, 4) is 11.5 Å². The Hall–Kier alpha value is -1.40. The number of nitrogens with two attached hydrogens (primary N) is 1. The minimum atomic E-state index is -4.73. The number of hydrogen-bond acceptors (Lipinski definition) is 3. The van der Waals surface area contributed by atoms with E-state index in [1.54, 1.807) is 6.08 Å². The second kappa shape index (κ2) is 7.25. The van der Waals surface area contributed by atoms with E-state index < -0.39 is 6.36 Å². The maximum atomic E-state index is 12.1. The smallest absolute Gasteiger partial charge is 0.496 e. The quantitative estimate of drug-likeness (QED) is 0.845. The molecule has 1 rings (SSSR count). The zero-order valence-electron chi connectivity index (χ0n) is 10.2. The van der Waals surface area contributed by atoms with Crippen molar-refractivity contribution in [2.24, 2.45) is 5.73 Å². The minimum Gasteiger partial charge on any atom is -0.496 e. The number of alkyl halides is 3. The van der Waals surface area contributed by atoms with Gasteiger partial charge in [0.05, 0.1) is 7.11 Å². The lowest BCUT2D eigenvalue weighted by atomic mass is 10.0. The van der Waals surface area contributed by atoms with E-state index in [0.29, 0.717) is 12.0 Å². The number of ether oxygens (including phenoxy) is 2. The van der Waals surface area contributed by atoms with Crippen molar-refractivity contribution in [3.05, 3.63) is 36.4 Å². The van der Waals surface area contributed by atoms with Crippen molar-refractivity contribution < 1.29 is 22.6 Å². The lowest BCUT2D eigenvalue weighted by Gasteiger charge is -2.16. The van der Waals surface area contributed by atoms with Gasteiger partial charge in [0.1, 0.15) is 11.5 Å². The topological polar surface area (TPSA) is 44.5 Å². The molecule has 1 aromatic rings. The van der Waals surface area contributed by atoms with Gasteiger partial charge in [-0.3, -0.25) is 0 Å². The molecule has 108 valence electrons. The Kier molecular flexibility index (Phi) is 6.72. The van der Waals surface area contributed by atoms with Gasteiger partial charge in [-0.05, 0) is 12.5 Å². The molecule has 0 saturated heterocycles. The van der Waals surface area contributed by atoms with Gasteiger partial charge in [-0.1, -0.05) is 12.1 Å². The summed E-state index contributed by atoms with van der Waals surface area (Å²) in [5, 5.41) is 0. The highest BCUT2D eigenvalue weighted by Crippen LogP contribution is 2.32. The summed E-state index contributed by atoms with van der Waals surface area (Å²) in [4.78, 5) is 0. The van der Waals surface area contributed by atoms with Crippen LogP contribution in [0.15, 0.2) is 30.9 Å². The number of rotatable bonds is 5. The molecule has 0 aliphatic heterocycles. The third-order valence-corrected chi connectivity index (χ3v) is 2.26. The van der Waals surface area contributed by atoms with Crippen LogP contribution in [0.5, 0.6) is 11.5 Å². The maximum Gasteiger partial charge on any atom is 0.573 e. The van der Waals surface area contributed by atoms with Gasteiger partial charge >= 0.3 is 6.36 Å². The van der Waals surface area contributed by atoms with Crippen LogP contribution in [-0.2, 0) is 0 Å². The highest BCUT2D eigenvalue weighted by atomic mass is 35.5. The first-order valence-corrected chi connectivity index (χ1v) is 5.17. The summed E-state index contributed by atoms with van der Waals surface area (Å²) in [6.45, 7) is 3.55. The van der Waals surface area contributed by atoms with Crippen molar-refractivity contribution >= 4 is 12.4 Å². The molecule has 7 heteroatoms. The summed E-state index contributed by atoms with van der Waals surface area (Å²) in [6.07, 6.45) is -2.60. The van der Waals surface area contributed by atoms with Crippen LogP contribution in [0.4, 0.5) is 13.2 Å². The molecule has 0 unspecified atom stereocenters. The molecule has 0 bridgehead atoms. The molecule has 1 aromatic carbocycles. The lowest BCUT2D eigenvalue weighted by Crippen LogP contribution is -2.17. The fourth-order valence-corrected chi connectivity index (χ4v) is 1.50. The van der Waals surface area contributed by atoms with Crippen LogP contribution in [0.3, 0.4) is 0 Å². The molecule has 19 heavy (non-hydrogen) atoms. The molecule has 3 nitrogen and oxygen atoms in total. The van der Waals surface area contributed by atoms with Gasteiger partial charge in [-0.25, -0.2) is 0 Å². The molecule has 0 aliphatic carbocycles. The van der Waals surface area contributed by atoms with Gasteiger partial charge in [0, 0.05) is 17.7 Å². The standard InChI is InChI=1S/C12H14F3NO2.ClH/c1-3-4-10(16)9-6-5-8(7-11(9)17-2)18-12(13,14)15;/h3,5-7,10H,1,4,16H2,2H3;1H/t10-;/m1./s1. The van der Waals surface area contributed by atoms with Crippen LogP contribution in [0.25, 0.3) is 0 Å². The Labute approximate surface area is 115 Å². The summed E-state index contributed by atoms with van der Waals surface area (Å²) < 4.78 is 45.0. The predicted octanol–water partition coefficient (Wildman–Crippen LogP) is 3.59. The first-order valence-electron chi connectivity index (χ1n) is 5.17. The summed E-state index contributed by atoms with van der Waals surface area (Å²) in [7, 11) is 1.36. The molecule has 0 saturated carbocycles. The van der Waals surface area contributed by atoms with Gasteiger partial charge in [-0.2, -0.15) is 0 Å². The van der Waals surface area contributed by atoms with Gasteiger partial charge in [-0.15, -0.1) is 32.2 Å². The molecule has 0 radical (unpaired) electrons. The third-order valence-electron chi connectivity index (χ3n) is 2.26. The van der Waals surface area contributed by atoms with E-state index in [4.69, 9.17) is 10.5 Å². The minimum absolute atomic E-state index is 0. The van der Waals surface area contributed by atoms with Gasteiger partial charge in [0.15, 0.2) is 0 Å². The Morgan fingerprint density at radius 3 is 2.53 bits per heavy atom. The highest BCUT2D eigenvalue weighted by molar-refractivity contribution is 5.85. The Bertz CT molecular complexity index is 424. The molecule has 0 amide bonds. The highest BCUT2D eigenvalue weighted by Gasteiger charge is 2.31. The van der Waals surface area contributed by atoms with Gasteiger partial charge in [0.2, 0.25) is 0 Å². The van der Waals surface area contributed by atoms with Crippen molar-refractivity contribution in [1.29, 1.82) is 0 Å². The van der Waals surface area contributed by atoms with Crippen molar-refractivity contribution in [3.63, 3.8) is 0 Å². The van der Waals surface area contributed by atoms with E-state index in [-0.39, 0.29) is 29.9 Å². The number of halogens is 4. The van der Waals surface area contributed by atoms with E-state index in [1.165, 1.54) is 19.2 Å². The summed E-state index contributed by atoms with van der Waals surface area (Å²) >= 11 is 0. The third kappa shape index (κ3) is 5.40. The van der Waals surface area contributed by atoms with Crippen molar-refractivity contribution in [2.45, 2.75) is 18.8 Å². The maximum absolute atomic E-state index is 12.1. The molecule has 0 heterocycles. The van der Waals surface area contributed by atoms with E-state index in [2.05, 4.69) is 11.3 Å². The number of methoxy groups -OCH3 is 1. The van der Waals surface area contributed by atoms with Gasteiger partial charge < -0.3 is 15.2 Å². The predicted molar refractivity (Wildman–Crippen MR) is 68.7 cm³/mol. The van der Waals surface area contributed by atoms with Crippen LogP contribution >= 0.6 is 12.4 Å². The lowest BCUT2D eigenvalue weighted by molar-refractivity contribution is -0.274. The molecular formula is C12H15ClF3NO2. The van der Waals surface area contributed by atoms with Crippen LogP contribution in [0.2, 0.25) is 0 Å². The molecule has 0 aromatic heterocycles. The van der Waals surface area contributed by atoms with Crippen molar-refractivity contribution in [1.82, 2.24) is 0 Å². The second-order valence-electron chi connectivity index (χ2n) is 3.58. The van der Waals surface area contributed by atoms with Crippen LogP contribution < -0.4 is 15.2 Å². The summed E-state index contributed by atoms with van der Waals surface area (Å²) in [6, 6.07) is 3.44. The molecule has 0 fully saturated rings. The first kappa shape index (κ1) is 17.6. The average Bonchev–Trinajstić information content (AvgIpc) is 2.27. The van der Waals surface area contributed by atoms with Crippen LogP contribution in [-0.4, -0.2) is 13.5 Å².